The molecule has 32 heavy (non-hydrogen) atoms. The fraction of sp³-hybridized carbons (Fsp3) is 0.0435. The number of alkyl halides is 3. The predicted octanol–water partition coefficient (Wildman–Crippen LogP) is 6.20. The van der Waals surface area contributed by atoms with E-state index >= 15 is 0 Å². The number of aromatic carboxylic acids is 1. The van der Waals surface area contributed by atoms with E-state index in [9.17, 15) is 22.8 Å². The number of pyridine rings is 1. The van der Waals surface area contributed by atoms with Crippen LogP contribution in [0.4, 0.5) is 13.2 Å². The number of rotatable bonds is 5. The first kappa shape index (κ1) is 21.6. The van der Waals surface area contributed by atoms with E-state index < -0.39 is 23.9 Å². The minimum atomic E-state index is -4.96. The van der Waals surface area contributed by atoms with Gasteiger partial charge in [-0.25, -0.2) is 4.79 Å². The van der Waals surface area contributed by atoms with Crippen molar-refractivity contribution in [3.8, 4) is 16.9 Å². The summed E-state index contributed by atoms with van der Waals surface area (Å²) in [6, 6.07) is 16.7. The average Bonchev–Trinajstić information content (AvgIpc) is 3.12. The first-order chi connectivity index (χ1) is 15.2. The number of hydrogen-bond acceptors (Lipinski definition) is 3. The molecule has 2 heterocycles. The Kier molecular flexibility index (Phi) is 5.52. The number of carboxylic acids is 1. The molecule has 0 spiro atoms. The zero-order valence-corrected chi connectivity index (χ0v) is 17.6. The van der Waals surface area contributed by atoms with Crippen molar-refractivity contribution in [3.05, 3.63) is 94.2 Å². The van der Waals surface area contributed by atoms with Gasteiger partial charge in [0.05, 0.1) is 22.3 Å². The van der Waals surface area contributed by atoms with Crippen molar-refractivity contribution in [3.63, 3.8) is 0 Å². The summed E-state index contributed by atoms with van der Waals surface area (Å²) in [5, 5.41) is 9.11. The van der Waals surface area contributed by atoms with Crippen molar-refractivity contribution < 1.29 is 32.6 Å². The summed E-state index contributed by atoms with van der Waals surface area (Å²) in [5.41, 5.74) is 1.87. The summed E-state index contributed by atoms with van der Waals surface area (Å²) in [4.78, 5) is 24.5. The van der Waals surface area contributed by atoms with Gasteiger partial charge in [-0.15, -0.1) is 13.2 Å². The van der Waals surface area contributed by atoms with Gasteiger partial charge in [0.15, 0.2) is 0 Å². The Labute approximate surface area is 187 Å². The lowest BCUT2D eigenvalue weighted by Gasteiger charge is -2.14. The number of carbonyl (C=O) groups excluding carboxylic acids is 1. The minimum absolute atomic E-state index is 0.107. The van der Waals surface area contributed by atoms with Gasteiger partial charge in [0.25, 0.3) is 0 Å². The van der Waals surface area contributed by atoms with Crippen LogP contribution in [0.1, 0.15) is 26.4 Å². The van der Waals surface area contributed by atoms with Crippen LogP contribution in [0.2, 0.25) is 0 Å². The van der Waals surface area contributed by atoms with Gasteiger partial charge in [-0.1, -0.05) is 24.3 Å². The van der Waals surface area contributed by atoms with Gasteiger partial charge in [0, 0.05) is 16.2 Å². The van der Waals surface area contributed by atoms with E-state index in [2.05, 4.69) is 20.7 Å². The average molecular weight is 504 g/mol. The molecule has 0 radical (unpaired) electrons. The van der Waals surface area contributed by atoms with E-state index in [0.29, 0.717) is 16.6 Å². The minimum Gasteiger partial charge on any atom is -0.478 e. The molecule has 1 N–H and O–H groups in total. The second-order valence-corrected chi connectivity index (χ2v) is 7.63. The zero-order valence-electron chi connectivity index (χ0n) is 16.1. The number of fused-ring (bicyclic) bond motifs is 1. The number of hydrogen-bond donors (Lipinski definition) is 1. The molecule has 2 aromatic carbocycles. The third kappa shape index (κ3) is 4.11. The maximum atomic E-state index is 13.4. The maximum absolute atomic E-state index is 13.4. The van der Waals surface area contributed by atoms with Gasteiger partial charge in [0.2, 0.25) is 5.78 Å². The molecule has 0 fully saturated rings. The van der Waals surface area contributed by atoms with Gasteiger partial charge >= 0.3 is 12.3 Å². The lowest BCUT2D eigenvalue weighted by atomic mass is 10.0. The van der Waals surface area contributed by atoms with Crippen LogP contribution in [-0.4, -0.2) is 27.6 Å². The number of nitrogens with zero attached hydrogens (tertiary/aromatic N) is 1. The van der Waals surface area contributed by atoms with Crippen molar-refractivity contribution >= 4 is 33.2 Å². The molecule has 0 aliphatic carbocycles. The summed E-state index contributed by atoms with van der Waals surface area (Å²) >= 11 is 3.16. The molecule has 9 heteroatoms. The van der Waals surface area contributed by atoms with Gasteiger partial charge in [0.1, 0.15) is 5.75 Å². The highest BCUT2D eigenvalue weighted by Crippen LogP contribution is 2.35. The van der Waals surface area contributed by atoms with Crippen molar-refractivity contribution in [2.75, 3.05) is 0 Å². The summed E-state index contributed by atoms with van der Waals surface area (Å²) in [6.45, 7) is 0. The van der Waals surface area contributed by atoms with Crippen molar-refractivity contribution in [2.45, 2.75) is 6.36 Å². The molecule has 0 amide bonds. The summed E-state index contributed by atoms with van der Waals surface area (Å²) in [7, 11) is 0. The van der Waals surface area contributed by atoms with Crippen LogP contribution in [0.3, 0.4) is 0 Å². The number of ketones is 1. The van der Waals surface area contributed by atoms with Crippen LogP contribution in [0.5, 0.6) is 5.75 Å². The predicted molar refractivity (Wildman–Crippen MR) is 114 cm³/mol. The molecule has 4 rings (SSSR count). The number of benzene rings is 2. The smallest absolute Gasteiger partial charge is 0.478 e. The van der Waals surface area contributed by atoms with Crippen LogP contribution in [-0.2, 0) is 0 Å². The summed E-state index contributed by atoms with van der Waals surface area (Å²) in [6.07, 6.45) is -3.34. The Balaban J connectivity index is 1.87. The van der Waals surface area contributed by atoms with E-state index in [1.54, 1.807) is 47.0 Å². The van der Waals surface area contributed by atoms with Gasteiger partial charge in [-0.2, -0.15) is 0 Å². The Morgan fingerprint density at radius 2 is 1.69 bits per heavy atom. The van der Waals surface area contributed by atoms with E-state index in [-0.39, 0.29) is 21.3 Å². The van der Waals surface area contributed by atoms with Crippen molar-refractivity contribution in [1.82, 2.24) is 4.40 Å². The third-order valence-electron chi connectivity index (χ3n) is 4.78. The lowest BCUT2D eigenvalue weighted by molar-refractivity contribution is -0.274. The maximum Gasteiger partial charge on any atom is 0.573 e. The monoisotopic (exact) mass is 503 g/mol. The number of carbonyl (C=O) groups is 2. The first-order valence-electron chi connectivity index (χ1n) is 9.18. The second-order valence-electron chi connectivity index (χ2n) is 6.77. The quantitative estimate of drug-likeness (QED) is 0.329. The number of carboxylic acid groups (broad SMARTS) is 1. The fourth-order valence-corrected chi connectivity index (χ4v) is 3.94. The number of halogens is 4. The second kappa shape index (κ2) is 8.16. The molecular weight excluding hydrogens is 491 g/mol. The Bertz CT molecular complexity index is 1340. The molecule has 0 unspecified atom stereocenters. The largest absolute Gasteiger partial charge is 0.573 e. The van der Waals surface area contributed by atoms with E-state index in [1.807, 2.05) is 0 Å². The fourth-order valence-electron chi connectivity index (χ4n) is 3.41. The normalized spacial score (nSPS) is 11.5. The molecule has 0 saturated heterocycles. The van der Waals surface area contributed by atoms with Crippen LogP contribution < -0.4 is 4.74 Å². The zero-order chi connectivity index (χ0) is 23.0. The van der Waals surface area contributed by atoms with Crippen molar-refractivity contribution in [1.29, 1.82) is 0 Å². The van der Waals surface area contributed by atoms with Gasteiger partial charge in [-0.05, 0) is 64.0 Å². The van der Waals surface area contributed by atoms with Crippen LogP contribution in [0.15, 0.2) is 77.4 Å². The molecule has 0 saturated carbocycles. The molecular formula is C23H13BrF3NO4. The SMILES string of the molecule is O=C(O)c1ccc(-c2cc(C(=O)c3c(Br)cccc3OC(F)(F)F)n3ccccc23)cc1. The summed E-state index contributed by atoms with van der Waals surface area (Å²) < 4.78 is 44.5. The standard InChI is InChI=1S/C23H13BrF3NO4/c24-16-4-3-6-19(32-23(25,26)27)20(16)21(29)18-12-15(17-5-1-2-11-28(17)18)13-7-9-14(10-8-13)22(30)31/h1-12H,(H,30,31). The topological polar surface area (TPSA) is 68.0 Å². The first-order valence-corrected chi connectivity index (χ1v) is 9.98. The van der Waals surface area contributed by atoms with E-state index in [1.165, 1.54) is 24.3 Å². The Morgan fingerprint density at radius 3 is 2.34 bits per heavy atom. The van der Waals surface area contributed by atoms with Crippen LogP contribution in [0.25, 0.3) is 16.6 Å². The van der Waals surface area contributed by atoms with Crippen molar-refractivity contribution in [2.24, 2.45) is 0 Å². The molecule has 2 aromatic heterocycles. The highest BCUT2D eigenvalue weighted by molar-refractivity contribution is 9.10. The van der Waals surface area contributed by atoms with E-state index in [0.717, 1.165) is 6.07 Å². The van der Waals surface area contributed by atoms with Gasteiger partial charge in [-0.3, -0.25) is 4.79 Å². The lowest BCUT2D eigenvalue weighted by Crippen LogP contribution is -2.19. The molecule has 0 aliphatic heterocycles. The van der Waals surface area contributed by atoms with E-state index in [4.69, 9.17) is 5.11 Å². The third-order valence-corrected chi connectivity index (χ3v) is 5.44. The molecule has 162 valence electrons. The molecule has 0 atom stereocenters. The summed E-state index contributed by atoms with van der Waals surface area (Å²) in [5.74, 6) is -2.36. The Hall–Kier alpha value is -3.59. The molecule has 5 nitrogen and oxygen atoms in total. The number of ether oxygens (including phenoxy) is 1. The highest BCUT2D eigenvalue weighted by Gasteiger charge is 2.34. The van der Waals surface area contributed by atoms with Crippen LogP contribution in [0, 0.1) is 0 Å². The molecule has 0 bridgehead atoms. The van der Waals surface area contributed by atoms with Gasteiger partial charge < -0.3 is 14.2 Å². The Morgan fingerprint density at radius 1 is 0.969 bits per heavy atom. The number of aromatic nitrogens is 1. The molecule has 4 aromatic rings. The van der Waals surface area contributed by atoms with Crippen LogP contribution >= 0.6 is 15.9 Å². The molecule has 0 aliphatic rings. The highest BCUT2D eigenvalue weighted by atomic mass is 79.9.